The SMILES string of the molecule is CC(C)N1C(=O)C[C@H](Nc2nccc(C(F)(F)F)n2)C1=O. The van der Waals surface area contributed by atoms with Gasteiger partial charge in [-0.3, -0.25) is 14.5 Å². The normalized spacial score (nSPS) is 19.5. The van der Waals surface area contributed by atoms with E-state index in [4.69, 9.17) is 0 Å². The number of hydrogen-bond acceptors (Lipinski definition) is 5. The van der Waals surface area contributed by atoms with E-state index in [-0.39, 0.29) is 24.3 Å². The first-order valence-electron chi connectivity index (χ1n) is 6.23. The lowest BCUT2D eigenvalue weighted by Crippen LogP contribution is -2.39. The monoisotopic (exact) mass is 302 g/mol. The zero-order valence-electron chi connectivity index (χ0n) is 11.3. The highest BCUT2D eigenvalue weighted by Gasteiger charge is 2.40. The van der Waals surface area contributed by atoms with E-state index >= 15 is 0 Å². The topological polar surface area (TPSA) is 75.2 Å². The Balaban J connectivity index is 2.16. The molecule has 1 aromatic heterocycles. The van der Waals surface area contributed by atoms with Gasteiger partial charge < -0.3 is 5.32 Å². The molecule has 2 heterocycles. The molecule has 0 spiro atoms. The molecule has 1 aromatic rings. The number of likely N-dealkylation sites (tertiary alicyclic amines) is 1. The molecule has 1 aliphatic heterocycles. The van der Waals surface area contributed by atoms with Crippen molar-refractivity contribution in [1.82, 2.24) is 14.9 Å². The standard InChI is InChI=1S/C12H13F3N4O2/c1-6(2)19-9(20)5-7(10(19)21)17-11-16-4-3-8(18-11)12(13,14)15/h3-4,6-7H,5H2,1-2H3,(H,16,17,18)/t7-/m0/s1. The average Bonchev–Trinajstić information content (AvgIpc) is 2.63. The third-order valence-electron chi connectivity index (χ3n) is 2.95. The summed E-state index contributed by atoms with van der Waals surface area (Å²) in [7, 11) is 0. The minimum absolute atomic E-state index is 0.128. The van der Waals surface area contributed by atoms with Crippen LogP contribution in [0.4, 0.5) is 19.1 Å². The highest BCUT2D eigenvalue weighted by Crippen LogP contribution is 2.28. The minimum atomic E-state index is -4.60. The predicted molar refractivity (Wildman–Crippen MR) is 66.1 cm³/mol. The molecule has 0 bridgehead atoms. The summed E-state index contributed by atoms with van der Waals surface area (Å²) in [5, 5.41) is 2.48. The first-order valence-corrected chi connectivity index (χ1v) is 6.23. The quantitative estimate of drug-likeness (QED) is 0.855. The van der Waals surface area contributed by atoms with E-state index in [2.05, 4.69) is 15.3 Å². The smallest absolute Gasteiger partial charge is 0.342 e. The van der Waals surface area contributed by atoms with Crippen LogP contribution in [0.5, 0.6) is 0 Å². The van der Waals surface area contributed by atoms with Crippen molar-refractivity contribution in [3.05, 3.63) is 18.0 Å². The number of carbonyl (C=O) groups excluding carboxylic acids is 2. The summed E-state index contributed by atoms with van der Waals surface area (Å²) < 4.78 is 37.6. The predicted octanol–water partition coefficient (Wildman–Crippen LogP) is 1.44. The number of imide groups is 1. The Bertz CT molecular complexity index is 574. The van der Waals surface area contributed by atoms with Gasteiger partial charge in [0.1, 0.15) is 11.7 Å². The van der Waals surface area contributed by atoms with Crippen molar-refractivity contribution in [1.29, 1.82) is 0 Å². The maximum atomic E-state index is 12.5. The highest BCUT2D eigenvalue weighted by molar-refractivity contribution is 6.06. The second-order valence-corrected chi connectivity index (χ2v) is 4.86. The van der Waals surface area contributed by atoms with Crippen molar-refractivity contribution in [3.63, 3.8) is 0 Å². The van der Waals surface area contributed by atoms with Gasteiger partial charge in [0.05, 0.1) is 6.42 Å². The molecule has 1 saturated heterocycles. The van der Waals surface area contributed by atoms with Crippen LogP contribution in [-0.4, -0.2) is 38.8 Å². The summed E-state index contributed by atoms with van der Waals surface area (Å²) in [4.78, 5) is 31.7. The molecule has 2 rings (SSSR count). The summed E-state index contributed by atoms with van der Waals surface area (Å²) in [6, 6.07) is -0.518. The molecule has 0 radical (unpaired) electrons. The molecule has 6 nitrogen and oxygen atoms in total. The number of carbonyl (C=O) groups is 2. The first kappa shape index (κ1) is 15.2. The number of halogens is 3. The summed E-state index contributed by atoms with van der Waals surface area (Å²) in [5.74, 6) is -1.20. The lowest BCUT2D eigenvalue weighted by Gasteiger charge is -2.19. The van der Waals surface area contributed by atoms with Crippen molar-refractivity contribution in [2.24, 2.45) is 0 Å². The lowest BCUT2D eigenvalue weighted by molar-refractivity contribution is -0.141. The molecule has 1 aliphatic rings. The molecular weight excluding hydrogens is 289 g/mol. The molecular formula is C12H13F3N4O2. The molecule has 1 N–H and O–H groups in total. The van der Waals surface area contributed by atoms with Gasteiger partial charge in [-0.1, -0.05) is 0 Å². The fourth-order valence-corrected chi connectivity index (χ4v) is 2.05. The summed E-state index contributed by atoms with van der Waals surface area (Å²) in [5.41, 5.74) is -1.11. The van der Waals surface area contributed by atoms with Crippen LogP contribution in [0.2, 0.25) is 0 Å². The summed E-state index contributed by atoms with van der Waals surface area (Å²) >= 11 is 0. The van der Waals surface area contributed by atoms with Crippen LogP contribution in [0.15, 0.2) is 12.3 Å². The number of alkyl halides is 3. The molecule has 114 valence electrons. The molecule has 1 fully saturated rings. The number of nitrogens with one attached hydrogen (secondary N) is 1. The van der Waals surface area contributed by atoms with Gasteiger partial charge in [-0.15, -0.1) is 0 Å². The van der Waals surface area contributed by atoms with Crippen LogP contribution in [0.25, 0.3) is 0 Å². The van der Waals surface area contributed by atoms with Crippen molar-refractivity contribution >= 4 is 17.8 Å². The molecule has 0 unspecified atom stereocenters. The van der Waals surface area contributed by atoms with Gasteiger partial charge >= 0.3 is 6.18 Å². The van der Waals surface area contributed by atoms with E-state index in [1.807, 2.05) is 0 Å². The van der Waals surface area contributed by atoms with E-state index in [0.717, 1.165) is 17.2 Å². The molecule has 2 amide bonds. The van der Waals surface area contributed by atoms with Crippen molar-refractivity contribution in [3.8, 4) is 0 Å². The van der Waals surface area contributed by atoms with Gasteiger partial charge in [0.2, 0.25) is 11.9 Å². The van der Waals surface area contributed by atoms with Gasteiger partial charge in [-0.05, 0) is 19.9 Å². The highest BCUT2D eigenvalue weighted by atomic mass is 19.4. The molecule has 9 heteroatoms. The first-order chi connectivity index (χ1) is 9.70. The molecule has 1 atom stereocenters. The Morgan fingerprint density at radius 1 is 1.38 bits per heavy atom. The van der Waals surface area contributed by atoms with E-state index in [9.17, 15) is 22.8 Å². The van der Waals surface area contributed by atoms with Crippen LogP contribution in [0.3, 0.4) is 0 Å². The van der Waals surface area contributed by atoms with Crippen molar-refractivity contribution in [2.45, 2.75) is 38.5 Å². The lowest BCUT2D eigenvalue weighted by atomic mass is 10.2. The van der Waals surface area contributed by atoms with E-state index in [0.29, 0.717) is 0 Å². The van der Waals surface area contributed by atoms with Crippen LogP contribution in [0.1, 0.15) is 26.0 Å². The maximum Gasteiger partial charge on any atom is 0.433 e. The fourth-order valence-electron chi connectivity index (χ4n) is 2.05. The Morgan fingerprint density at radius 3 is 2.57 bits per heavy atom. The second kappa shape index (κ2) is 5.30. The molecule has 0 saturated carbocycles. The number of hydrogen-bond donors (Lipinski definition) is 1. The molecule has 21 heavy (non-hydrogen) atoms. The van der Waals surface area contributed by atoms with E-state index in [1.54, 1.807) is 13.8 Å². The van der Waals surface area contributed by atoms with E-state index in [1.165, 1.54) is 0 Å². The van der Waals surface area contributed by atoms with Crippen LogP contribution in [0, 0.1) is 0 Å². The number of aromatic nitrogens is 2. The largest absolute Gasteiger partial charge is 0.433 e. The average molecular weight is 302 g/mol. The Hall–Kier alpha value is -2.19. The zero-order chi connectivity index (χ0) is 15.8. The van der Waals surface area contributed by atoms with Crippen LogP contribution < -0.4 is 5.32 Å². The van der Waals surface area contributed by atoms with Crippen LogP contribution >= 0.6 is 0 Å². The van der Waals surface area contributed by atoms with Gasteiger partial charge in [0.15, 0.2) is 0 Å². The van der Waals surface area contributed by atoms with Crippen molar-refractivity contribution < 1.29 is 22.8 Å². The number of amides is 2. The van der Waals surface area contributed by atoms with Crippen LogP contribution in [-0.2, 0) is 15.8 Å². The number of rotatable bonds is 3. The van der Waals surface area contributed by atoms with Gasteiger partial charge in [0, 0.05) is 12.2 Å². The maximum absolute atomic E-state index is 12.5. The second-order valence-electron chi connectivity index (χ2n) is 4.86. The Labute approximate surface area is 118 Å². The summed E-state index contributed by atoms with van der Waals surface area (Å²) in [6.45, 7) is 3.36. The fraction of sp³-hybridized carbons (Fsp3) is 0.500. The summed E-state index contributed by atoms with van der Waals surface area (Å²) in [6.07, 6.45) is -3.78. The Kier molecular flexibility index (Phi) is 3.84. The van der Waals surface area contributed by atoms with Crippen molar-refractivity contribution in [2.75, 3.05) is 5.32 Å². The number of anilines is 1. The minimum Gasteiger partial charge on any atom is -0.342 e. The van der Waals surface area contributed by atoms with E-state index < -0.39 is 23.8 Å². The molecule has 0 aromatic carbocycles. The Morgan fingerprint density at radius 2 is 2.05 bits per heavy atom. The van der Waals surface area contributed by atoms with Gasteiger partial charge in [-0.2, -0.15) is 13.2 Å². The van der Waals surface area contributed by atoms with Gasteiger partial charge in [0.25, 0.3) is 5.91 Å². The number of nitrogens with zero attached hydrogens (tertiary/aromatic N) is 3. The third kappa shape index (κ3) is 3.11. The van der Waals surface area contributed by atoms with Gasteiger partial charge in [-0.25, -0.2) is 9.97 Å². The molecule has 0 aliphatic carbocycles. The zero-order valence-corrected chi connectivity index (χ0v) is 11.3. The third-order valence-corrected chi connectivity index (χ3v) is 2.95.